The second kappa shape index (κ2) is 16.2. The van der Waals surface area contributed by atoms with E-state index in [9.17, 15) is 39.9 Å². The van der Waals surface area contributed by atoms with E-state index in [0.29, 0.717) is 12.0 Å². The van der Waals surface area contributed by atoms with Crippen LogP contribution in [0.3, 0.4) is 0 Å². The summed E-state index contributed by atoms with van der Waals surface area (Å²) in [5, 5.41) is 57.4. The average Bonchev–Trinajstić information content (AvgIpc) is 3.69. The van der Waals surface area contributed by atoms with Gasteiger partial charge in [0.25, 0.3) is 0 Å². The number of ether oxygens (including phenoxy) is 2. The van der Waals surface area contributed by atoms with Gasteiger partial charge in [-0.3, -0.25) is 9.59 Å². The number of aldehydes is 1. The van der Waals surface area contributed by atoms with Crippen molar-refractivity contribution in [2.75, 3.05) is 13.1 Å². The predicted octanol–water partition coefficient (Wildman–Crippen LogP) is 3.89. The van der Waals surface area contributed by atoms with Crippen LogP contribution >= 0.6 is 0 Å². The van der Waals surface area contributed by atoms with Crippen LogP contribution in [0.15, 0.2) is 113 Å². The number of phenols is 1. The quantitative estimate of drug-likeness (QED) is 0.0763. The molecule has 0 saturated carbocycles. The van der Waals surface area contributed by atoms with Crippen LogP contribution < -0.4 is 15.5 Å². The Kier molecular flexibility index (Phi) is 11.5. The molecule has 0 radical (unpaired) electrons. The Morgan fingerprint density at radius 1 is 1.07 bits per heavy atom. The van der Waals surface area contributed by atoms with Gasteiger partial charge in [0.05, 0.1) is 10.9 Å². The SMILES string of the molecule is CC(CC=Cc1ccccc1)C(CNCC1(O)C(Oc2ccc3c(=O)c(-c4ccc(O)cc4)coc3c2)OC(C(=O)O)C(O)C1(O)C=O)Cc1cc[nH]c1. The first-order chi connectivity index (χ1) is 25.9. The number of aliphatic carboxylic acids is 1. The summed E-state index contributed by atoms with van der Waals surface area (Å²) < 4.78 is 17.3. The molecule has 1 aliphatic rings. The molecule has 3 heterocycles. The van der Waals surface area contributed by atoms with Gasteiger partial charge >= 0.3 is 5.97 Å². The van der Waals surface area contributed by atoms with Gasteiger partial charge in [0.2, 0.25) is 6.29 Å². The van der Waals surface area contributed by atoms with E-state index < -0.39 is 42.2 Å². The van der Waals surface area contributed by atoms with Gasteiger partial charge in [-0.1, -0.05) is 61.5 Å². The number of allylic oxidation sites excluding steroid dienone is 1. The van der Waals surface area contributed by atoms with E-state index in [2.05, 4.69) is 23.3 Å². The molecule has 282 valence electrons. The molecule has 54 heavy (non-hydrogen) atoms. The molecule has 6 rings (SSSR count). The first-order valence-electron chi connectivity index (χ1n) is 17.5. The van der Waals surface area contributed by atoms with E-state index in [1.165, 1.54) is 36.6 Å². The van der Waals surface area contributed by atoms with Crippen molar-refractivity contribution in [1.82, 2.24) is 10.3 Å². The third-order valence-electron chi connectivity index (χ3n) is 10.1. The van der Waals surface area contributed by atoms with Crippen LogP contribution in [0.5, 0.6) is 11.5 Å². The van der Waals surface area contributed by atoms with Gasteiger partial charge in [0, 0.05) is 25.0 Å². The molecule has 5 aromatic rings. The van der Waals surface area contributed by atoms with Crippen molar-refractivity contribution >= 4 is 29.3 Å². The average molecular weight is 739 g/mol. The van der Waals surface area contributed by atoms with E-state index in [4.69, 9.17) is 13.9 Å². The Morgan fingerprint density at radius 3 is 2.52 bits per heavy atom. The summed E-state index contributed by atoms with van der Waals surface area (Å²) in [5.74, 6) is -1.65. The van der Waals surface area contributed by atoms with Gasteiger partial charge in [-0.2, -0.15) is 0 Å². The zero-order valence-electron chi connectivity index (χ0n) is 29.4. The molecule has 0 bridgehead atoms. The molecule has 7 N–H and O–H groups in total. The highest BCUT2D eigenvalue weighted by Crippen LogP contribution is 2.39. The summed E-state index contributed by atoms with van der Waals surface area (Å²) in [4.78, 5) is 41.0. The number of carbonyl (C=O) groups excluding carboxylic acids is 1. The molecular formula is C41H42N2O11. The number of aromatic amines is 1. The monoisotopic (exact) mass is 738 g/mol. The van der Waals surface area contributed by atoms with Crippen molar-refractivity contribution in [2.24, 2.45) is 11.8 Å². The maximum atomic E-state index is 13.3. The first-order valence-corrected chi connectivity index (χ1v) is 17.5. The molecule has 0 spiro atoms. The molecule has 0 amide bonds. The number of phenolic OH excluding ortho intramolecular Hbond substituents is 1. The Balaban J connectivity index is 1.25. The van der Waals surface area contributed by atoms with Crippen molar-refractivity contribution in [3.8, 4) is 22.6 Å². The topological polar surface area (TPSA) is 212 Å². The molecule has 1 fully saturated rings. The Hall–Kier alpha value is -5.57. The molecule has 0 aliphatic carbocycles. The number of benzene rings is 3. The molecule has 7 unspecified atom stereocenters. The molecule has 1 aliphatic heterocycles. The number of aliphatic hydroxyl groups is 3. The highest BCUT2D eigenvalue weighted by atomic mass is 16.7. The Morgan fingerprint density at radius 2 is 1.83 bits per heavy atom. The van der Waals surface area contributed by atoms with E-state index >= 15 is 0 Å². The van der Waals surface area contributed by atoms with Gasteiger partial charge in [0.1, 0.15) is 29.4 Å². The fourth-order valence-corrected chi connectivity index (χ4v) is 6.74. The minimum absolute atomic E-state index is 0.0235. The van der Waals surface area contributed by atoms with E-state index in [-0.39, 0.29) is 58.1 Å². The second-order valence-corrected chi connectivity index (χ2v) is 13.7. The van der Waals surface area contributed by atoms with Crippen LogP contribution in [0.25, 0.3) is 28.2 Å². The highest BCUT2D eigenvalue weighted by Gasteiger charge is 2.67. The molecule has 3 aromatic carbocycles. The van der Waals surface area contributed by atoms with Gasteiger partial charge in [-0.05, 0) is 78.2 Å². The largest absolute Gasteiger partial charge is 0.508 e. The van der Waals surface area contributed by atoms with Crippen LogP contribution in [0.4, 0.5) is 0 Å². The van der Waals surface area contributed by atoms with Crippen LogP contribution in [-0.4, -0.2) is 85.6 Å². The van der Waals surface area contributed by atoms with Crippen LogP contribution in [0, 0.1) is 11.8 Å². The number of rotatable bonds is 15. The zero-order valence-corrected chi connectivity index (χ0v) is 29.4. The van der Waals surface area contributed by atoms with Crippen molar-refractivity contribution in [2.45, 2.75) is 49.5 Å². The number of H-pyrrole nitrogens is 1. The minimum atomic E-state index is -3.06. The summed E-state index contributed by atoms with van der Waals surface area (Å²) in [6, 6.07) is 21.9. The van der Waals surface area contributed by atoms with Crippen molar-refractivity contribution < 1.29 is 49.0 Å². The van der Waals surface area contributed by atoms with Gasteiger partial charge in [0.15, 0.2) is 29.0 Å². The lowest BCUT2D eigenvalue weighted by atomic mass is 9.74. The second-order valence-electron chi connectivity index (χ2n) is 13.7. The number of carboxylic acid groups (broad SMARTS) is 1. The Bertz CT molecular complexity index is 2130. The molecule has 13 heteroatoms. The maximum Gasteiger partial charge on any atom is 0.335 e. The molecule has 2 aromatic heterocycles. The number of carbonyl (C=O) groups is 2. The number of aromatic nitrogens is 1. The molecule has 13 nitrogen and oxygen atoms in total. The lowest BCUT2D eigenvalue weighted by Gasteiger charge is -2.51. The van der Waals surface area contributed by atoms with Crippen LogP contribution in [-0.2, 0) is 20.7 Å². The van der Waals surface area contributed by atoms with E-state index in [1.807, 2.05) is 54.9 Å². The lowest BCUT2D eigenvalue weighted by Crippen LogP contribution is -2.79. The van der Waals surface area contributed by atoms with E-state index in [1.54, 1.807) is 12.1 Å². The van der Waals surface area contributed by atoms with Gasteiger partial charge in [-0.15, -0.1) is 0 Å². The summed E-state index contributed by atoms with van der Waals surface area (Å²) >= 11 is 0. The summed E-state index contributed by atoms with van der Waals surface area (Å²) in [6.45, 7) is 1.80. The normalized spacial score (nSPS) is 24.0. The number of carboxylic acids is 1. The molecule has 7 atom stereocenters. The third-order valence-corrected chi connectivity index (χ3v) is 10.1. The van der Waals surface area contributed by atoms with Crippen LogP contribution in [0.2, 0.25) is 0 Å². The number of aromatic hydroxyl groups is 1. The van der Waals surface area contributed by atoms with E-state index in [0.717, 1.165) is 17.5 Å². The number of hydrogen-bond donors (Lipinski definition) is 7. The standard InChI is InChI=1S/C41H42N2O11/c1-25(6-5-9-26-7-3-2-4-8-26)29(18-27-16-17-42-20-27)21-43-23-40(50)39(54-36(38(48)49)37(47)41(40,51)24-44)53-31-14-15-32-34(19-31)52-22-33(35(32)46)28-10-12-30(45)13-11-28/h2-5,7-17,19-20,22,24-25,29,36-37,39,42-43,45,47,50-51H,6,18,21,23H2,1H3,(H,48,49). The maximum absolute atomic E-state index is 13.3. The smallest absolute Gasteiger partial charge is 0.335 e. The molecule has 1 saturated heterocycles. The minimum Gasteiger partial charge on any atom is -0.508 e. The number of hydrogen-bond acceptors (Lipinski definition) is 11. The Labute approximate surface area is 310 Å². The summed E-state index contributed by atoms with van der Waals surface area (Å²) in [7, 11) is 0. The third kappa shape index (κ3) is 7.86. The first kappa shape index (κ1) is 38.2. The fourth-order valence-electron chi connectivity index (χ4n) is 6.74. The number of aliphatic hydroxyl groups excluding tert-OH is 1. The molecular weight excluding hydrogens is 696 g/mol. The lowest BCUT2D eigenvalue weighted by molar-refractivity contribution is -0.334. The van der Waals surface area contributed by atoms with Crippen molar-refractivity contribution in [1.29, 1.82) is 0 Å². The van der Waals surface area contributed by atoms with Gasteiger partial charge < -0.3 is 49.7 Å². The summed E-state index contributed by atoms with van der Waals surface area (Å²) in [5.41, 5.74) is -3.25. The van der Waals surface area contributed by atoms with Gasteiger partial charge in [-0.25, -0.2) is 4.79 Å². The predicted molar refractivity (Wildman–Crippen MR) is 199 cm³/mol. The fraction of sp³-hybridized carbons (Fsp3) is 0.293. The van der Waals surface area contributed by atoms with Crippen LogP contribution in [0.1, 0.15) is 24.5 Å². The highest BCUT2D eigenvalue weighted by molar-refractivity contribution is 5.83. The summed E-state index contributed by atoms with van der Waals surface area (Å²) in [6.07, 6.45) is 3.79. The van der Waals surface area contributed by atoms with Crippen molar-refractivity contribution in [3.05, 3.63) is 125 Å². The number of nitrogens with one attached hydrogen (secondary N) is 2. The van der Waals surface area contributed by atoms with Crippen molar-refractivity contribution in [3.63, 3.8) is 0 Å². The zero-order chi connectivity index (χ0) is 38.5. The number of fused-ring (bicyclic) bond motifs is 1.